The Morgan fingerprint density at radius 2 is 2.14 bits per heavy atom. The third kappa shape index (κ3) is 2.00. The van der Waals surface area contributed by atoms with Crippen molar-refractivity contribution in [3.05, 3.63) is 23.8 Å². The van der Waals surface area contributed by atoms with E-state index in [0.29, 0.717) is 12.3 Å². The van der Waals surface area contributed by atoms with Gasteiger partial charge in [-0.25, -0.2) is 10.1 Å². The molecule has 0 saturated carbocycles. The van der Waals surface area contributed by atoms with Crippen LogP contribution in [0, 0.1) is 11.8 Å². The Morgan fingerprint density at radius 1 is 1.27 bits per heavy atom. The van der Waals surface area contributed by atoms with Gasteiger partial charge in [-0.15, -0.1) is 0 Å². The fraction of sp³-hybridized carbons (Fsp3) is 0.533. The number of rotatable bonds is 2. The van der Waals surface area contributed by atoms with Crippen LogP contribution in [0.3, 0.4) is 0 Å². The first-order valence-corrected chi connectivity index (χ1v) is 7.67. The van der Waals surface area contributed by atoms with Crippen LogP contribution in [0.4, 0.5) is 0 Å². The maximum Gasteiger partial charge on any atom is 0.221 e. The molecule has 0 bridgehead atoms. The summed E-state index contributed by atoms with van der Waals surface area (Å²) in [7, 11) is 0. The van der Waals surface area contributed by atoms with Crippen molar-refractivity contribution >= 4 is 16.9 Å². The molecule has 2 aliphatic heterocycles. The maximum absolute atomic E-state index is 12.1. The van der Waals surface area contributed by atoms with Crippen molar-refractivity contribution < 1.29 is 9.42 Å². The number of hydrogen-bond donors (Lipinski definition) is 3. The molecule has 2 aromatic rings. The Morgan fingerprint density at radius 3 is 2.95 bits per heavy atom. The first-order valence-electron chi connectivity index (χ1n) is 7.67. The van der Waals surface area contributed by atoms with E-state index in [9.17, 15) is 4.79 Å². The number of nitrogens with zero attached hydrogens (tertiary/aromatic N) is 2. The Kier molecular flexibility index (Phi) is 3.12. The maximum atomic E-state index is 12.1. The van der Waals surface area contributed by atoms with Gasteiger partial charge in [0.25, 0.3) is 0 Å². The van der Waals surface area contributed by atoms with Gasteiger partial charge in [0.15, 0.2) is 0 Å². The quantitative estimate of drug-likeness (QED) is 0.763. The topological polar surface area (TPSA) is 92.1 Å². The molecule has 22 heavy (non-hydrogen) atoms. The summed E-state index contributed by atoms with van der Waals surface area (Å²) in [5.41, 5.74) is 9.09. The van der Waals surface area contributed by atoms with Crippen molar-refractivity contribution in [2.75, 3.05) is 0 Å². The molecule has 4 rings (SSSR count). The van der Waals surface area contributed by atoms with E-state index < -0.39 is 0 Å². The second-order valence-electron chi connectivity index (χ2n) is 6.47. The molecule has 4 atom stereocenters. The van der Waals surface area contributed by atoms with Crippen LogP contribution in [0.15, 0.2) is 22.8 Å². The highest BCUT2D eigenvalue weighted by Gasteiger charge is 2.47. The minimum absolute atomic E-state index is 0.0541. The fourth-order valence-electron chi connectivity index (χ4n) is 3.82. The lowest BCUT2D eigenvalue weighted by atomic mass is 9.73. The molecule has 0 spiro atoms. The van der Waals surface area contributed by atoms with Gasteiger partial charge in [0, 0.05) is 24.3 Å². The third-order valence-corrected chi connectivity index (χ3v) is 4.83. The van der Waals surface area contributed by atoms with Gasteiger partial charge in [-0.3, -0.25) is 10.2 Å². The minimum Gasteiger partial charge on any atom is -0.339 e. The number of nitrogens with one attached hydrogen (secondary N) is 3. The lowest BCUT2D eigenvalue weighted by Crippen LogP contribution is -2.52. The van der Waals surface area contributed by atoms with Crippen molar-refractivity contribution in [1.82, 2.24) is 26.5 Å². The van der Waals surface area contributed by atoms with Gasteiger partial charge < -0.3 is 5.32 Å². The van der Waals surface area contributed by atoms with Crippen molar-refractivity contribution in [1.29, 1.82) is 0 Å². The number of hydrogen-bond acceptors (Lipinski definition) is 6. The van der Waals surface area contributed by atoms with Crippen LogP contribution in [-0.2, 0) is 4.79 Å². The average Bonchev–Trinajstić information content (AvgIpc) is 3.11. The van der Waals surface area contributed by atoms with E-state index in [2.05, 4.69) is 40.3 Å². The number of amides is 1. The van der Waals surface area contributed by atoms with Gasteiger partial charge in [0.2, 0.25) is 5.91 Å². The highest BCUT2D eigenvalue weighted by Crippen LogP contribution is 2.40. The van der Waals surface area contributed by atoms with Crippen molar-refractivity contribution in [3.8, 4) is 0 Å². The van der Waals surface area contributed by atoms with Crippen LogP contribution in [0.5, 0.6) is 0 Å². The Hall–Kier alpha value is -1.99. The first kappa shape index (κ1) is 13.7. The summed E-state index contributed by atoms with van der Waals surface area (Å²) < 4.78 is 4.88. The van der Waals surface area contributed by atoms with Crippen LogP contribution in [0.1, 0.15) is 31.7 Å². The van der Waals surface area contributed by atoms with Crippen LogP contribution in [-0.4, -0.2) is 28.4 Å². The largest absolute Gasteiger partial charge is 0.339 e. The summed E-state index contributed by atoms with van der Waals surface area (Å²) in [4.78, 5) is 12.1. The molecule has 2 fully saturated rings. The van der Waals surface area contributed by atoms with Gasteiger partial charge in [0.1, 0.15) is 11.0 Å². The highest BCUT2D eigenvalue weighted by molar-refractivity contribution is 5.82. The molecule has 4 unspecified atom stereocenters. The minimum atomic E-state index is -0.0613. The summed E-state index contributed by atoms with van der Waals surface area (Å²) in [5, 5.41) is 11.0. The molecule has 1 aromatic carbocycles. The molecular weight excluding hydrogens is 282 g/mol. The molecule has 1 aromatic heterocycles. The summed E-state index contributed by atoms with van der Waals surface area (Å²) >= 11 is 0. The summed E-state index contributed by atoms with van der Waals surface area (Å²) in [6.07, 6.45) is 0.397. The Labute approximate surface area is 127 Å². The molecular formula is C15H19N5O2. The predicted octanol–water partition coefficient (Wildman–Crippen LogP) is 0.901. The molecule has 3 heterocycles. The molecule has 3 N–H and O–H groups in total. The Bertz CT molecular complexity index is 713. The van der Waals surface area contributed by atoms with Gasteiger partial charge in [-0.2, -0.15) is 0 Å². The van der Waals surface area contributed by atoms with E-state index in [1.807, 2.05) is 18.2 Å². The van der Waals surface area contributed by atoms with E-state index in [1.165, 1.54) is 0 Å². The van der Waals surface area contributed by atoms with E-state index in [0.717, 1.165) is 16.6 Å². The molecule has 0 radical (unpaired) electrons. The van der Waals surface area contributed by atoms with Crippen LogP contribution in [0.2, 0.25) is 0 Å². The number of aromatic nitrogens is 2. The number of hydrazine groups is 1. The van der Waals surface area contributed by atoms with E-state index in [4.69, 9.17) is 4.63 Å². The molecule has 2 saturated heterocycles. The zero-order chi connectivity index (χ0) is 15.3. The fourth-order valence-corrected chi connectivity index (χ4v) is 3.82. The summed E-state index contributed by atoms with van der Waals surface area (Å²) in [5.74, 6) is 0.859. The SMILES string of the molecule is CC(C)C1NNC2NC(=O)CC(c3cccc4nonc34)C21. The van der Waals surface area contributed by atoms with Crippen LogP contribution in [0.25, 0.3) is 11.0 Å². The van der Waals surface area contributed by atoms with Crippen molar-refractivity contribution in [2.24, 2.45) is 11.8 Å². The second kappa shape index (κ2) is 5.03. The average molecular weight is 301 g/mol. The molecule has 2 aliphatic rings. The van der Waals surface area contributed by atoms with Gasteiger partial charge in [-0.1, -0.05) is 26.0 Å². The Balaban J connectivity index is 1.80. The van der Waals surface area contributed by atoms with Crippen LogP contribution < -0.4 is 16.2 Å². The lowest BCUT2D eigenvalue weighted by Gasteiger charge is -2.37. The zero-order valence-electron chi connectivity index (χ0n) is 12.5. The molecule has 0 aliphatic carbocycles. The monoisotopic (exact) mass is 301 g/mol. The number of fused-ring (bicyclic) bond motifs is 2. The number of carbonyl (C=O) groups is 1. The molecule has 7 nitrogen and oxygen atoms in total. The van der Waals surface area contributed by atoms with Crippen molar-refractivity contribution in [3.63, 3.8) is 0 Å². The van der Waals surface area contributed by atoms with Gasteiger partial charge in [-0.05, 0) is 27.9 Å². The summed E-state index contributed by atoms with van der Waals surface area (Å²) in [6.45, 7) is 4.38. The van der Waals surface area contributed by atoms with Gasteiger partial charge in [0.05, 0.1) is 6.17 Å². The van der Waals surface area contributed by atoms with E-state index in [-0.39, 0.29) is 30.0 Å². The zero-order valence-corrected chi connectivity index (χ0v) is 12.5. The molecule has 116 valence electrons. The highest BCUT2D eigenvalue weighted by atomic mass is 16.6. The van der Waals surface area contributed by atoms with Crippen molar-refractivity contribution in [2.45, 2.75) is 38.4 Å². The molecule has 7 heteroatoms. The smallest absolute Gasteiger partial charge is 0.221 e. The molecule has 1 amide bonds. The van der Waals surface area contributed by atoms with E-state index >= 15 is 0 Å². The summed E-state index contributed by atoms with van der Waals surface area (Å²) in [6, 6.07) is 6.14. The number of piperidine rings is 1. The normalized spacial score (nSPS) is 31.5. The third-order valence-electron chi connectivity index (χ3n) is 4.83. The predicted molar refractivity (Wildman–Crippen MR) is 79.5 cm³/mol. The van der Waals surface area contributed by atoms with Crippen LogP contribution >= 0.6 is 0 Å². The first-order chi connectivity index (χ1) is 10.6. The van der Waals surface area contributed by atoms with Gasteiger partial charge >= 0.3 is 0 Å². The number of carbonyl (C=O) groups excluding carboxylic acids is 1. The standard InChI is InChI=1S/C15H19N5O2/c1-7(2)13-12-9(6-11(21)16-15(12)18-17-13)8-4-3-5-10-14(8)20-22-19-10/h3-5,7,9,12-13,15,17-18H,6H2,1-2H3,(H,16,21). The second-order valence-corrected chi connectivity index (χ2v) is 6.47. The number of benzene rings is 1. The van der Waals surface area contributed by atoms with E-state index in [1.54, 1.807) is 0 Å². The lowest BCUT2D eigenvalue weighted by molar-refractivity contribution is -0.125.